The fourth-order valence-electron chi connectivity index (χ4n) is 6.50. The van der Waals surface area contributed by atoms with Crippen LogP contribution in [0.1, 0.15) is 96.8 Å². The van der Waals surface area contributed by atoms with E-state index in [0.29, 0.717) is 29.7 Å². The molecular formula is C24H42FNO. The fourth-order valence-corrected chi connectivity index (χ4v) is 6.50. The summed E-state index contributed by atoms with van der Waals surface area (Å²) in [4.78, 5) is 14.0. The summed E-state index contributed by atoms with van der Waals surface area (Å²) in [5.74, 6) is 2.57. The maximum Gasteiger partial charge on any atom is 0.120 e. The molecule has 0 radical (unpaired) electrons. The highest BCUT2D eigenvalue weighted by atomic mass is 19.1. The summed E-state index contributed by atoms with van der Waals surface area (Å²) in [5.41, 5.74) is 0. The molecule has 6 atom stereocenters. The molecule has 6 unspecified atom stereocenters. The van der Waals surface area contributed by atoms with Gasteiger partial charge in [0.1, 0.15) is 12.5 Å². The van der Waals surface area contributed by atoms with Crippen molar-refractivity contribution in [3.63, 3.8) is 0 Å². The van der Waals surface area contributed by atoms with Crippen LogP contribution in [-0.2, 0) is 4.79 Å². The van der Waals surface area contributed by atoms with E-state index in [-0.39, 0.29) is 0 Å². The number of carbonyl (C=O) groups is 1. The van der Waals surface area contributed by atoms with Gasteiger partial charge in [-0.05, 0) is 75.2 Å². The zero-order chi connectivity index (χ0) is 19.1. The van der Waals surface area contributed by atoms with E-state index < -0.39 is 6.17 Å². The van der Waals surface area contributed by atoms with Gasteiger partial charge in [-0.1, -0.05) is 45.4 Å². The van der Waals surface area contributed by atoms with Crippen molar-refractivity contribution in [3.05, 3.63) is 0 Å². The number of aldehydes is 1. The summed E-state index contributed by atoms with van der Waals surface area (Å²) >= 11 is 0. The third-order valence-electron chi connectivity index (χ3n) is 7.96. The van der Waals surface area contributed by atoms with E-state index in [1.54, 1.807) is 0 Å². The molecule has 3 rings (SSSR count). The lowest BCUT2D eigenvalue weighted by Gasteiger charge is -2.41. The first-order chi connectivity index (χ1) is 13.2. The molecule has 0 bridgehead atoms. The van der Waals surface area contributed by atoms with Gasteiger partial charge in [-0.25, -0.2) is 4.39 Å². The highest BCUT2D eigenvalue weighted by molar-refractivity contribution is 5.50. The van der Waals surface area contributed by atoms with Crippen molar-refractivity contribution < 1.29 is 9.18 Å². The Morgan fingerprint density at radius 1 is 0.963 bits per heavy atom. The maximum atomic E-state index is 13.9. The maximum absolute atomic E-state index is 13.9. The highest BCUT2D eigenvalue weighted by Crippen LogP contribution is 2.47. The van der Waals surface area contributed by atoms with Crippen LogP contribution >= 0.6 is 0 Å². The number of unbranched alkanes of at least 4 members (excludes halogenated alkanes) is 5. The van der Waals surface area contributed by atoms with Crippen molar-refractivity contribution >= 4 is 6.29 Å². The van der Waals surface area contributed by atoms with Gasteiger partial charge in [0.05, 0.1) is 0 Å². The standard InChI is InChI=1S/C24H42FNO/c1-2-3-4-5-6-7-14-26-18-21(13-15-27)23-17-20(11-12-24(23)26)19-9-8-10-22(25)16-19/h15,19-24H,2-14,16-18H2,1H3. The monoisotopic (exact) mass is 379 g/mol. The predicted molar refractivity (Wildman–Crippen MR) is 111 cm³/mol. The number of nitrogens with zero attached hydrogens (tertiary/aromatic N) is 1. The first-order valence-electron chi connectivity index (χ1n) is 12.0. The van der Waals surface area contributed by atoms with Gasteiger partial charge in [0.25, 0.3) is 0 Å². The van der Waals surface area contributed by atoms with E-state index in [1.165, 1.54) is 70.8 Å². The Balaban J connectivity index is 1.50. The van der Waals surface area contributed by atoms with Crippen molar-refractivity contribution in [3.8, 4) is 0 Å². The van der Waals surface area contributed by atoms with Crippen LogP contribution < -0.4 is 0 Å². The number of fused-ring (bicyclic) bond motifs is 1. The van der Waals surface area contributed by atoms with E-state index in [1.807, 2.05) is 0 Å². The van der Waals surface area contributed by atoms with Crippen molar-refractivity contribution in [2.75, 3.05) is 13.1 Å². The average molecular weight is 380 g/mol. The SMILES string of the molecule is CCCCCCCCN1CC(CC=O)C2CC(C3CCCC(F)C3)CCC21. The molecule has 0 aromatic carbocycles. The van der Waals surface area contributed by atoms with Crippen LogP contribution in [0.3, 0.4) is 0 Å². The Hall–Kier alpha value is -0.440. The number of hydrogen-bond acceptors (Lipinski definition) is 2. The molecule has 2 saturated carbocycles. The molecule has 156 valence electrons. The van der Waals surface area contributed by atoms with Gasteiger partial charge in [-0.3, -0.25) is 4.90 Å². The van der Waals surface area contributed by atoms with Crippen LogP contribution in [-0.4, -0.2) is 36.5 Å². The van der Waals surface area contributed by atoms with Crippen molar-refractivity contribution in [1.82, 2.24) is 4.90 Å². The lowest BCUT2D eigenvalue weighted by atomic mass is 9.66. The molecule has 0 N–H and O–H groups in total. The van der Waals surface area contributed by atoms with Gasteiger partial charge < -0.3 is 4.79 Å². The number of halogens is 1. The lowest BCUT2D eigenvalue weighted by molar-refractivity contribution is -0.108. The van der Waals surface area contributed by atoms with Crippen LogP contribution in [0.15, 0.2) is 0 Å². The van der Waals surface area contributed by atoms with Gasteiger partial charge >= 0.3 is 0 Å². The molecule has 0 amide bonds. The Morgan fingerprint density at radius 3 is 2.52 bits per heavy atom. The van der Waals surface area contributed by atoms with Gasteiger partial charge in [-0.15, -0.1) is 0 Å². The van der Waals surface area contributed by atoms with E-state index in [0.717, 1.165) is 38.5 Å². The van der Waals surface area contributed by atoms with E-state index >= 15 is 0 Å². The minimum Gasteiger partial charge on any atom is -0.303 e. The number of hydrogen-bond donors (Lipinski definition) is 0. The van der Waals surface area contributed by atoms with Gasteiger partial charge in [0.15, 0.2) is 0 Å². The predicted octanol–water partition coefficient (Wildman–Crippen LogP) is 6.18. The summed E-state index contributed by atoms with van der Waals surface area (Å²) in [6.07, 6.45) is 17.2. The second kappa shape index (κ2) is 10.9. The Kier molecular flexibility index (Phi) is 8.61. The van der Waals surface area contributed by atoms with Crippen LogP contribution in [0.5, 0.6) is 0 Å². The van der Waals surface area contributed by atoms with Gasteiger partial charge in [0, 0.05) is 19.0 Å². The second-order valence-corrected chi connectivity index (χ2v) is 9.75. The topological polar surface area (TPSA) is 20.3 Å². The third-order valence-corrected chi connectivity index (χ3v) is 7.96. The largest absolute Gasteiger partial charge is 0.303 e. The van der Waals surface area contributed by atoms with Crippen LogP contribution in [0.4, 0.5) is 4.39 Å². The number of rotatable bonds is 10. The molecule has 0 spiro atoms. The number of alkyl halides is 1. The summed E-state index contributed by atoms with van der Waals surface area (Å²) in [5, 5.41) is 0. The molecular weight excluding hydrogens is 337 g/mol. The minimum atomic E-state index is -0.556. The lowest BCUT2D eigenvalue weighted by Crippen LogP contribution is -2.39. The minimum absolute atomic E-state index is 0.556. The zero-order valence-electron chi connectivity index (χ0n) is 17.6. The normalized spacial score (nSPS) is 37.3. The molecule has 0 aromatic rings. The first-order valence-corrected chi connectivity index (χ1v) is 12.0. The third kappa shape index (κ3) is 5.78. The summed E-state index contributed by atoms with van der Waals surface area (Å²) in [6.45, 7) is 4.63. The van der Waals surface area contributed by atoms with E-state index in [9.17, 15) is 9.18 Å². The number of likely N-dealkylation sites (tertiary alicyclic amines) is 1. The summed E-state index contributed by atoms with van der Waals surface area (Å²) in [6, 6.07) is 0.701. The average Bonchev–Trinajstić information content (AvgIpc) is 3.02. The molecule has 2 nitrogen and oxygen atoms in total. The van der Waals surface area contributed by atoms with Crippen LogP contribution in [0.2, 0.25) is 0 Å². The Labute approximate surface area is 166 Å². The van der Waals surface area contributed by atoms with Crippen molar-refractivity contribution in [2.24, 2.45) is 23.7 Å². The molecule has 1 heterocycles. The van der Waals surface area contributed by atoms with E-state index in [2.05, 4.69) is 11.8 Å². The Morgan fingerprint density at radius 2 is 1.74 bits per heavy atom. The van der Waals surface area contributed by atoms with Crippen LogP contribution in [0.25, 0.3) is 0 Å². The number of carbonyl (C=O) groups excluding carboxylic acids is 1. The van der Waals surface area contributed by atoms with Gasteiger partial charge in [-0.2, -0.15) is 0 Å². The van der Waals surface area contributed by atoms with E-state index in [4.69, 9.17) is 0 Å². The molecule has 3 heteroatoms. The first kappa shape index (κ1) is 21.3. The summed E-state index contributed by atoms with van der Waals surface area (Å²) < 4.78 is 13.9. The van der Waals surface area contributed by atoms with Crippen LogP contribution in [0, 0.1) is 23.7 Å². The zero-order valence-corrected chi connectivity index (χ0v) is 17.6. The molecule has 0 aromatic heterocycles. The quantitative estimate of drug-likeness (QED) is 0.333. The molecule has 3 aliphatic rings. The molecule has 1 aliphatic heterocycles. The molecule has 2 aliphatic carbocycles. The smallest absolute Gasteiger partial charge is 0.120 e. The van der Waals surface area contributed by atoms with Crippen molar-refractivity contribution in [1.29, 1.82) is 0 Å². The highest BCUT2D eigenvalue weighted by Gasteiger charge is 2.45. The molecule has 27 heavy (non-hydrogen) atoms. The summed E-state index contributed by atoms with van der Waals surface area (Å²) in [7, 11) is 0. The second-order valence-electron chi connectivity index (χ2n) is 9.75. The fraction of sp³-hybridized carbons (Fsp3) is 0.958. The van der Waals surface area contributed by atoms with Crippen molar-refractivity contribution in [2.45, 2.75) is 109 Å². The van der Waals surface area contributed by atoms with Gasteiger partial charge in [0.2, 0.25) is 0 Å². The molecule has 1 saturated heterocycles. The molecule has 3 fully saturated rings. The Bertz CT molecular complexity index is 442.